The van der Waals surface area contributed by atoms with E-state index in [2.05, 4.69) is 44.4 Å². The summed E-state index contributed by atoms with van der Waals surface area (Å²) in [5.41, 5.74) is 4.41. The Hall–Kier alpha value is -0.940. The largest absolute Gasteiger partial charge is 0.185 e. The molecule has 0 N–H and O–H groups in total. The molecule has 0 radical (unpaired) electrons. The van der Waals surface area contributed by atoms with Crippen molar-refractivity contribution >= 4 is 11.8 Å². The summed E-state index contributed by atoms with van der Waals surface area (Å²) in [5.74, 6) is 1.54. The average Bonchev–Trinajstić information content (AvgIpc) is 2.43. The van der Waals surface area contributed by atoms with E-state index >= 15 is 0 Å². The van der Waals surface area contributed by atoms with Gasteiger partial charge in [0.25, 0.3) is 0 Å². The molecule has 0 spiro atoms. The normalized spacial score (nSPS) is 12.1. The van der Waals surface area contributed by atoms with Crippen molar-refractivity contribution in [2.24, 2.45) is 0 Å². The molecule has 2 heteroatoms. The van der Waals surface area contributed by atoms with Crippen molar-refractivity contribution in [3.05, 3.63) is 34.9 Å². The van der Waals surface area contributed by atoms with Crippen LogP contribution in [0.3, 0.4) is 0 Å². The first kappa shape index (κ1) is 15.1. The molecule has 0 fully saturated rings. The summed E-state index contributed by atoms with van der Waals surface area (Å²) >= 11 is 1.38. The highest BCUT2D eigenvalue weighted by atomic mass is 32.2. The lowest BCUT2D eigenvalue weighted by molar-refractivity contribution is 0.640. The number of rotatable bonds is 7. The number of benzene rings is 1. The molecule has 0 aliphatic carbocycles. The molecular formula is C16H23NS. The summed E-state index contributed by atoms with van der Waals surface area (Å²) < 4.78 is 0. The highest BCUT2D eigenvalue weighted by Crippen LogP contribution is 2.29. The highest BCUT2D eigenvalue weighted by Gasteiger charge is 2.13. The van der Waals surface area contributed by atoms with Crippen LogP contribution >= 0.6 is 11.8 Å². The van der Waals surface area contributed by atoms with Crippen LogP contribution in [0.15, 0.2) is 18.2 Å². The third-order valence-electron chi connectivity index (χ3n) is 3.56. The van der Waals surface area contributed by atoms with Crippen LogP contribution in [0.25, 0.3) is 0 Å². The van der Waals surface area contributed by atoms with Crippen molar-refractivity contribution < 1.29 is 0 Å². The Morgan fingerprint density at radius 3 is 2.56 bits per heavy atom. The van der Waals surface area contributed by atoms with Gasteiger partial charge >= 0.3 is 0 Å². The molecule has 0 heterocycles. The first-order valence-corrected chi connectivity index (χ1v) is 7.87. The molecule has 0 saturated carbocycles. The fourth-order valence-corrected chi connectivity index (χ4v) is 2.89. The lowest BCUT2D eigenvalue weighted by Crippen LogP contribution is -2.04. The van der Waals surface area contributed by atoms with Crippen LogP contribution in [0.2, 0.25) is 0 Å². The van der Waals surface area contributed by atoms with Gasteiger partial charge in [0.2, 0.25) is 0 Å². The summed E-state index contributed by atoms with van der Waals surface area (Å²) in [5, 5.41) is 10.8. The van der Waals surface area contributed by atoms with Gasteiger partial charge in [-0.1, -0.05) is 39.0 Å². The Bertz CT molecular complexity index is 406. The molecule has 0 saturated heterocycles. The van der Waals surface area contributed by atoms with E-state index in [1.807, 2.05) is 0 Å². The van der Waals surface area contributed by atoms with Crippen molar-refractivity contribution in [1.82, 2.24) is 0 Å². The Kier molecular flexibility index (Phi) is 6.90. The quantitative estimate of drug-likeness (QED) is 0.514. The molecule has 1 unspecified atom stereocenters. The fraction of sp³-hybridized carbons (Fsp3) is 0.562. The van der Waals surface area contributed by atoms with Gasteiger partial charge in [0.1, 0.15) is 5.40 Å². The minimum absolute atomic E-state index is 0.604. The molecule has 0 aliphatic heterocycles. The lowest BCUT2D eigenvalue weighted by atomic mass is 9.87. The summed E-state index contributed by atoms with van der Waals surface area (Å²) in [6, 6.07) is 6.91. The molecule has 1 aromatic rings. The second-order valence-electron chi connectivity index (χ2n) is 4.57. The summed E-state index contributed by atoms with van der Waals surface area (Å²) in [4.78, 5) is 0. The first-order valence-electron chi connectivity index (χ1n) is 6.89. The van der Waals surface area contributed by atoms with E-state index in [1.165, 1.54) is 28.5 Å². The summed E-state index contributed by atoms with van der Waals surface area (Å²) in [7, 11) is 0. The van der Waals surface area contributed by atoms with E-state index < -0.39 is 0 Å². The maximum absolute atomic E-state index is 8.62. The number of nitrogens with zero attached hydrogens (tertiary/aromatic N) is 1. The molecular weight excluding hydrogens is 238 g/mol. The van der Waals surface area contributed by atoms with Crippen LogP contribution in [0.5, 0.6) is 0 Å². The van der Waals surface area contributed by atoms with Crippen LogP contribution in [0.1, 0.15) is 56.2 Å². The Labute approximate surface area is 116 Å². The van der Waals surface area contributed by atoms with E-state index in [4.69, 9.17) is 5.26 Å². The van der Waals surface area contributed by atoms with Gasteiger partial charge in [0, 0.05) is 5.75 Å². The predicted molar refractivity (Wildman–Crippen MR) is 80.9 cm³/mol. The highest BCUT2D eigenvalue weighted by molar-refractivity contribution is 8.03. The number of aryl methyl sites for hydroxylation is 2. The SMILES string of the molecule is CCc1ccc(CC)c(C(CC)CCSC#N)c1. The van der Waals surface area contributed by atoms with Gasteiger partial charge in [-0.2, -0.15) is 5.26 Å². The number of thioether (sulfide) groups is 1. The zero-order chi connectivity index (χ0) is 13.4. The van der Waals surface area contributed by atoms with Gasteiger partial charge in [0.15, 0.2) is 0 Å². The summed E-state index contributed by atoms with van der Waals surface area (Å²) in [6.45, 7) is 6.68. The lowest BCUT2D eigenvalue weighted by Gasteiger charge is -2.19. The van der Waals surface area contributed by atoms with Crippen molar-refractivity contribution in [2.75, 3.05) is 5.75 Å². The molecule has 0 bridgehead atoms. The smallest absolute Gasteiger partial charge is 0.133 e. The van der Waals surface area contributed by atoms with Gasteiger partial charge in [-0.25, -0.2) is 0 Å². The van der Waals surface area contributed by atoms with E-state index in [0.29, 0.717) is 5.92 Å². The summed E-state index contributed by atoms with van der Waals surface area (Å²) in [6.07, 6.45) is 4.46. The second-order valence-corrected chi connectivity index (χ2v) is 5.45. The van der Waals surface area contributed by atoms with Crippen molar-refractivity contribution in [3.8, 4) is 5.40 Å². The molecule has 1 aromatic carbocycles. The van der Waals surface area contributed by atoms with Crippen molar-refractivity contribution in [3.63, 3.8) is 0 Å². The monoisotopic (exact) mass is 261 g/mol. The van der Waals surface area contributed by atoms with E-state index in [1.54, 1.807) is 0 Å². The van der Waals surface area contributed by atoms with Crippen LogP contribution in [0.4, 0.5) is 0 Å². The molecule has 18 heavy (non-hydrogen) atoms. The van der Waals surface area contributed by atoms with Gasteiger partial charge < -0.3 is 0 Å². The van der Waals surface area contributed by atoms with Crippen LogP contribution < -0.4 is 0 Å². The van der Waals surface area contributed by atoms with Gasteiger partial charge in [-0.15, -0.1) is 0 Å². The number of hydrogen-bond acceptors (Lipinski definition) is 2. The van der Waals surface area contributed by atoms with Crippen LogP contribution in [-0.4, -0.2) is 5.75 Å². The zero-order valence-electron chi connectivity index (χ0n) is 11.7. The average molecular weight is 261 g/mol. The Balaban J connectivity index is 2.91. The topological polar surface area (TPSA) is 23.8 Å². The second kappa shape index (κ2) is 8.21. The molecule has 0 aromatic heterocycles. The maximum Gasteiger partial charge on any atom is 0.133 e. The van der Waals surface area contributed by atoms with Crippen molar-refractivity contribution in [1.29, 1.82) is 5.26 Å². The van der Waals surface area contributed by atoms with Crippen LogP contribution in [0, 0.1) is 10.7 Å². The Morgan fingerprint density at radius 1 is 1.22 bits per heavy atom. The van der Waals surface area contributed by atoms with Gasteiger partial charge in [-0.3, -0.25) is 0 Å². The molecule has 1 atom stereocenters. The van der Waals surface area contributed by atoms with Gasteiger partial charge in [-0.05, 0) is 60.1 Å². The molecule has 98 valence electrons. The molecule has 1 nitrogen and oxygen atoms in total. The molecule has 1 rings (SSSR count). The Morgan fingerprint density at radius 2 is 2.00 bits per heavy atom. The fourth-order valence-electron chi connectivity index (χ4n) is 2.39. The molecule has 0 amide bonds. The van der Waals surface area contributed by atoms with E-state index in [9.17, 15) is 0 Å². The standard InChI is InChI=1S/C16H23NS/c1-4-13-7-8-14(5-2)16(11-13)15(6-3)9-10-18-12-17/h7-8,11,15H,4-6,9-10H2,1-3H3. The minimum atomic E-state index is 0.604. The molecule has 0 aliphatic rings. The maximum atomic E-state index is 8.62. The predicted octanol–water partition coefficient (Wildman–Crippen LogP) is 4.91. The number of hydrogen-bond donors (Lipinski definition) is 0. The third-order valence-corrected chi connectivity index (χ3v) is 4.13. The van der Waals surface area contributed by atoms with Crippen LogP contribution in [-0.2, 0) is 12.8 Å². The minimum Gasteiger partial charge on any atom is -0.185 e. The van der Waals surface area contributed by atoms with E-state index in [-0.39, 0.29) is 0 Å². The van der Waals surface area contributed by atoms with E-state index in [0.717, 1.165) is 31.4 Å². The zero-order valence-corrected chi connectivity index (χ0v) is 12.5. The van der Waals surface area contributed by atoms with Crippen molar-refractivity contribution in [2.45, 2.75) is 52.4 Å². The number of thiocyanates is 1. The van der Waals surface area contributed by atoms with Gasteiger partial charge in [0.05, 0.1) is 0 Å². The first-order chi connectivity index (χ1) is 8.76. The third kappa shape index (κ3) is 4.07. The number of nitriles is 1.